The molecule has 1 atom stereocenters. The first-order chi connectivity index (χ1) is 9.60. The summed E-state index contributed by atoms with van der Waals surface area (Å²) in [4.78, 5) is 11.8. The minimum absolute atomic E-state index is 0.0251. The molecule has 110 valence electrons. The predicted octanol–water partition coefficient (Wildman–Crippen LogP) is 1.93. The van der Waals surface area contributed by atoms with Gasteiger partial charge in [-0.3, -0.25) is 4.79 Å². The molecule has 0 saturated heterocycles. The summed E-state index contributed by atoms with van der Waals surface area (Å²) in [5, 5.41) is 2.99. The van der Waals surface area contributed by atoms with Gasteiger partial charge in [0, 0.05) is 12.6 Å². The van der Waals surface area contributed by atoms with Gasteiger partial charge in [0.25, 0.3) is 0 Å². The van der Waals surface area contributed by atoms with E-state index < -0.39 is 0 Å². The number of amides is 1. The molecular weight excluding hydrogens is 252 g/mol. The van der Waals surface area contributed by atoms with E-state index in [1.165, 1.54) is 18.4 Å². The maximum absolute atomic E-state index is 11.8. The molecule has 4 nitrogen and oxygen atoms in total. The lowest BCUT2D eigenvalue weighted by atomic mass is 10.1. The van der Waals surface area contributed by atoms with Gasteiger partial charge in [-0.2, -0.15) is 0 Å². The summed E-state index contributed by atoms with van der Waals surface area (Å²) in [5.74, 6) is 1.46. The van der Waals surface area contributed by atoms with E-state index in [1.54, 1.807) is 0 Å². The van der Waals surface area contributed by atoms with Crippen molar-refractivity contribution in [3.05, 3.63) is 29.3 Å². The van der Waals surface area contributed by atoms with Crippen molar-refractivity contribution in [1.82, 2.24) is 5.32 Å². The average molecular weight is 276 g/mol. The molecule has 1 fully saturated rings. The van der Waals surface area contributed by atoms with Crippen molar-refractivity contribution in [3.63, 3.8) is 0 Å². The van der Waals surface area contributed by atoms with E-state index in [4.69, 9.17) is 10.5 Å². The van der Waals surface area contributed by atoms with Gasteiger partial charge in [0.05, 0.1) is 13.0 Å². The molecule has 1 aromatic rings. The van der Waals surface area contributed by atoms with E-state index in [1.807, 2.05) is 19.1 Å². The van der Waals surface area contributed by atoms with Gasteiger partial charge in [-0.1, -0.05) is 17.7 Å². The molecule has 0 radical (unpaired) electrons. The smallest absolute Gasteiger partial charge is 0.223 e. The lowest BCUT2D eigenvalue weighted by Gasteiger charge is -2.16. The fraction of sp³-hybridized carbons (Fsp3) is 0.562. The monoisotopic (exact) mass is 276 g/mol. The van der Waals surface area contributed by atoms with Gasteiger partial charge in [-0.05, 0) is 44.2 Å². The first-order valence-corrected chi connectivity index (χ1v) is 7.29. The standard InChI is InChI=1S/C16H24N2O2/c1-11-3-6-15(12(2)9-11)20-8-7-16(19)18-14(10-17)13-4-5-13/h3,6,9,13-14H,4-5,7-8,10,17H2,1-2H3,(H,18,19). The van der Waals surface area contributed by atoms with Crippen molar-refractivity contribution >= 4 is 5.91 Å². The molecule has 1 aliphatic carbocycles. The number of hydrogen-bond donors (Lipinski definition) is 2. The molecule has 1 aromatic carbocycles. The highest BCUT2D eigenvalue weighted by Gasteiger charge is 2.31. The summed E-state index contributed by atoms with van der Waals surface area (Å²) in [5.41, 5.74) is 7.98. The number of hydrogen-bond acceptors (Lipinski definition) is 3. The van der Waals surface area contributed by atoms with Crippen molar-refractivity contribution in [2.24, 2.45) is 11.7 Å². The Kier molecular flexibility index (Phi) is 5.01. The van der Waals surface area contributed by atoms with E-state index in [0.717, 1.165) is 11.3 Å². The lowest BCUT2D eigenvalue weighted by Crippen LogP contribution is -2.42. The first-order valence-electron chi connectivity index (χ1n) is 7.29. The lowest BCUT2D eigenvalue weighted by molar-refractivity contribution is -0.122. The second-order valence-corrected chi connectivity index (χ2v) is 5.61. The normalized spacial score (nSPS) is 15.8. The molecule has 1 amide bonds. The molecule has 1 unspecified atom stereocenters. The van der Waals surface area contributed by atoms with Crippen LogP contribution in [0.5, 0.6) is 5.75 Å². The van der Waals surface area contributed by atoms with E-state index in [2.05, 4.69) is 18.3 Å². The number of nitrogens with two attached hydrogens (primary N) is 1. The Bertz CT molecular complexity index is 470. The average Bonchev–Trinajstić information content (AvgIpc) is 3.23. The predicted molar refractivity (Wildman–Crippen MR) is 79.7 cm³/mol. The van der Waals surface area contributed by atoms with Crippen molar-refractivity contribution in [2.75, 3.05) is 13.2 Å². The molecule has 4 heteroatoms. The van der Waals surface area contributed by atoms with Crippen LogP contribution in [0.25, 0.3) is 0 Å². The van der Waals surface area contributed by atoms with Crippen LogP contribution >= 0.6 is 0 Å². The molecule has 1 aliphatic rings. The summed E-state index contributed by atoms with van der Waals surface area (Å²) in [6, 6.07) is 6.19. The van der Waals surface area contributed by atoms with E-state index in [9.17, 15) is 4.79 Å². The summed E-state index contributed by atoms with van der Waals surface area (Å²) in [6.45, 7) is 4.99. The maximum Gasteiger partial charge on any atom is 0.223 e. The van der Waals surface area contributed by atoms with Gasteiger partial charge in [0.15, 0.2) is 0 Å². The van der Waals surface area contributed by atoms with Crippen LogP contribution in [-0.2, 0) is 4.79 Å². The van der Waals surface area contributed by atoms with Gasteiger partial charge in [-0.25, -0.2) is 0 Å². The van der Waals surface area contributed by atoms with Gasteiger partial charge < -0.3 is 15.8 Å². The SMILES string of the molecule is Cc1ccc(OCCC(=O)NC(CN)C2CC2)c(C)c1. The molecule has 0 aliphatic heterocycles. The molecule has 2 rings (SSSR count). The molecule has 1 saturated carbocycles. The fourth-order valence-electron chi connectivity index (χ4n) is 2.36. The minimum Gasteiger partial charge on any atom is -0.493 e. The number of carbonyl (C=O) groups excluding carboxylic acids is 1. The van der Waals surface area contributed by atoms with Crippen molar-refractivity contribution in [1.29, 1.82) is 0 Å². The Balaban J connectivity index is 1.73. The zero-order valence-electron chi connectivity index (χ0n) is 12.3. The summed E-state index contributed by atoms with van der Waals surface area (Å²) in [7, 11) is 0. The van der Waals surface area contributed by atoms with Crippen LogP contribution in [-0.4, -0.2) is 25.1 Å². The largest absolute Gasteiger partial charge is 0.493 e. The number of aryl methyl sites for hydroxylation is 2. The van der Waals surface area contributed by atoms with Crippen LogP contribution in [0.3, 0.4) is 0 Å². The Morgan fingerprint density at radius 2 is 2.20 bits per heavy atom. The van der Waals surface area contributed by atoms with Crippen LogP contribution < -0.4 is 15.8 Å². The van der Waals surface area contributed by atoms with Crippen LogP contribution in [0.15, 0.2) is 18.2 Å². The Morgan fingerprint density at radius 1 is 1.45 bits per heavy atom. The van der Waals surface area contributed by atoms with Crippen LogP contribution in [0.4, 0.5) is 0 Å². The van der Waals surface area contributed by atoms with Crippen molar-refractivity contribution in [3.8, 4) is 5.75 Å². The van der Waals surface area contributed by atoms with E-state index in [-0.39, 0.29) is 11.9 Å². The highest BCUT2D eigenvalue weighted by atomic mass is 16.5. The number of rotatable bonds is 7. The first kappa shape index (κ1) is 14.9. The highest BCUT2D eigenvalue weighted by Crippen LogP contribution is 2.32. The van der Waals surface area contributed by atoms with Crippen LogP contribution in [0, 0.1) is 19.8 Å². The molecular formula is C16H24N2O2. The molecule has 0 heterocycles. The topological polar surface area (TPSA) is 64.3 Å². The Hall–Kier alpha value is -1.55. The van der Waals surface area contributed by atoms with Gasteiger partial charge in [0.2, 0.25) is 5.91 Å². The van der Waals surface area contributed by atoms with Crippen molar-refractivity contribution in [2.45, 2.75) is 39.2 Å². The second kappa shape index (κ2) is 6.75. The second-order valence-electron chi connectivity index (χ2n) is 5.61. The zero-order chi connectivity index (χ0) is 14.5. The number of ether oxygens (including phenoxy) is 1. The highest BCUT2D eigenvalue weighted by molar-refractivity contribution is 5.76. The Labute approximate surface area is 120 Å². The third-order valence-corrected chi connectivity index (χ3v) is 3.71. The van der Waals surface area contributed by atoms with Crippen LogP contribution in [0.1, 0.15) is 30.4 Å². The summed E-state index contributed by atoms with van der Waals surface area (Å²) < 4.78 is 5.66. The third-order valence-electron chi connectivity index (χ3n) is 3.71. The fourth-order valence-corrected chi connectivity index (χ4v) is 2.36. The third kappa shape index (κ3) is 4.23. The number of benzene rings is 1. The summed E-state index contributed by atoms with van der Waals surface area (Å²) in [6.07, 6.45) is 2.74. The minimum atomic E-state index is 0.0251. The number of carbonyl (C=O) groups is 1. The van der Waals surface area contributed by atoms with Crippen LogP contribution in [0.2, 0.25) is 0 Å². The quantitative estimate of drug-likeness (QED) is 0.799. The van der Waals surface area contributed by atoms with E-state index >= 15 is 0 Å². The van der Waals surface area contributed by atoms with Gasteiger partial charge in [-0.15, -0.1) is 0 Å². The molecule has 0 aromatic heterocycles. The Morgan fingerprint density at radius 3 is 2.80 bits per heavy atom. The molecule has 0 bridgehead atoms. The van der Waals surface area contributed by atoms with Gasteiger partial charge in [0.1, 0.15) is 5.75 Å². The zero-order valence-corrected chi connectivity index (χ0v) is 12.3. The molecule has 20 heavy (non-hydrogen) atoms. The summed E-state index contributed by atoms with van der Waals surface area (Å²) >= 11 is 0. The molecule has 3 N–H and O–H groups in total. The maximum atomic E-state index is 11.8. The van der Waals surface area contributed by atoms with Gasteiger partial charge >= 0.3 is 0 Å². The molecule has 0 spiro atoms. The van der Waals surface area contributed by atoms with Crippen molar-refractivity contribution < 1.29 is 9.53 Å². The number of nitrogens with one attached hydrogen (secondary N) is 1. The van der Waals surface area contributed by atoms with E-state index in [0.29, 0.717) is 25.5 Å².